The molecule has 0 aliphatic carbocycles. The molecule has 5 nitrogen and oxygen atoms in total. The van der Waals surface area contributed by atoms with Crippen LogP contribution >= 0.6 is 38.9 Å². The fourth-order valence-electron chi connectivity index (χ4n) is 1.60. The Morgan fingerprint density at radius 2 is 2.14 bits per heavy atom. The largest absolute Gasteiger partial charge is 0.382 e. The van der Waals surface area contributed by atoms with E-state index in [0.717, 1.165) is 10.0 Å². The van der Waals surface area contributed by atoms with Crippen molar-refractivity contribution in [1.82, 2.24) is 4.98 Å². The average molecular weight is 390 g/mol. The number of thiazole rings is 1. The lowest BCUT2D eigenvalue weighted by Gasteiger charge is -2.09. The van der Waals surface area contributed by atoms with Crippen molar-refractivity contribution in [3.63, 3.8) is 0 Å². The number of amides is 1. The van der Waals surface area contributed by atoms with Crippen LogP contribution in [0.3, 0.4) is 0 Å². The SMILES string of the molecule is Cc1cc(Br)c(NC(=O)c2sc(N(C)C)nc2N)cc1Cl. The van der Waals surface area contributed by atoms with Crippen LogP contribution in [0.2, 0.25) is 5.02 Å². The van der Waals surface area contributed by atoms with Crippen LogP contribution in [0.5, 0.6) is 0 Å². The molecule has 112 valence electrons. The summed E-state index contributed by atoms with van der Waals surface area (Å²) in [5.74, 6) is -0.0887. The van der Waals surface area contributed by atoms with E-state index in [1.165, 1.54) is 11.3 Å². The molecule has 0 unspecified atom stereocenters. The lowest BCUT2D eigenvalue weighted by molar-refractivity contribution is 0.103. The number of aromatic nitrogens is 1. The zero-order valence-electron chi connectivity index (χ0n) is 11.7. The van der Waals surface area contributed by atoms with E-state index in [-0.39, 0.29) is 11.7 Å². The number of anilines is 3. The Labute approximate surface area is 140 Å². The summed E-state index contributed by atoms with van der Waals surface area (Å²) in [6.07, 6.45) is 0. The summed E-state index contributed by atoms with van der Waals surface area (Å²) >= 11 is 10.7. The Morgan fingerprint density at radius 1 is 1.48 bits per heavy atom. The number of nitrogens with two attached hydrogens (primary N) is 1. The Hall–Kier alpha value is -1.31. The Balaban J connectivity index is 2.28. The highest BCUT2D eigenvalue weighted by Crippen LogP contribution is 2.31. The van der Waals surface area contributed by atoms with Gasteiger partial charge in [-0.2, -0.15) is 0 Å². The van der Waals surface area contributed by atoms with E-state index in [9.17, 15) is 4.79 Å². The van der Waals surface area contributed by atoms with Gasteiger partial charge in [0, 0.05) is 23.6 Å². The highest BCUT2D eigenvalue weighted by atomic mass is 79.9. The van der Waals surface area contributed by atoms with Crippen molar-refractivity contribution >= 4 is 61.4 Å². The number of carbonyl (C=O) groups is 1. The van der Waals surface area contributed by atoms with Crippen LogP contribution in [0, 0.1) is 6.92 Å². The second kappa shape index (κ2) is 6.21. The van der Waals surface area contributed by atoms with Gasteiger partial charge in [0.25, 0.3) is 5.91 Å². The van der Waals surface area contributed by atoms with E-state index >= 15 is 0 Å². The molecule has 0 saturated carbocycles. The van der Waals surface area contributed by atoms with Gasteiger partial charge in [-0.05, 0) is 40.5 Å². The maximum atomic E-state index is 12.3. The van der Waals surface area contributed by atoms with Gasteiger partial charge in [0.05, 0.1) is 5.69 Å². The van der Waals surface area contributed by atoms with Crippen LogP contribution in [-0.4, -0.2) is 25.0 Å². The molecule has 0 saturated heterocycles. The molecule has 2 aromatic rings. The predicted molar refractivity (Wildman–Crippen MR) is 92.7 cm³/mol. The molecule has 21 heavy (non-hydrogen) atoms. The van der Waals surface area contributed by atoms with Crippen molar-refractivity contribution < 1.29 is 4.79 Å². The molecule has 0 aliphatic rings. The number of carbonyl (C=O) groups excluding carboxylic acids is 1. The summed E-state index contributed by atoms with van der Waals surface area (Å²) in [5, 5.41) is 4.05. The molecule has 0 bridgehead atoms. The molecule has 8 heteroatoms. The molecule has 1 aromatic carbocycles. The molecule has 3 N–H and O–H groups in total. The van der Waals surface area contributed by atoms with Gasteiger partial charge in [0.1, 0.15) is 10.7 Å². The van der Waals surface area contributed by atoms with Gasteiger partial charge in [0.2, 0.25) is 0 Å². The fourth-order valence-corrected chi connectivity index (χ4v) is 3.12. The highest BCUT2D eigenvalue weighted by Gasteiger charge is 2.18. The first-order valence-electron chi connectivity index (χ1n) is 6.00. The number of nitrogens with zero attached hydrogens (tertiary/aromatic N) is 2. The van der Waals surface area contributed by atoms with Crippen LogP contribution in [-0.2, 0) is 0 Å². The number of halogens is 2. The van der Waals surface area contributed by atoms with Crippen molar-refractivity contribution in [2.45, 2.75) is 6.92 Å². The van der Waals surface area contributed by atoms with Gasteiger partial charge in [-0.25, -0.2) is 4.98 Å². The summed E-state index contributed by atoms with van der Waals surface area (Å²) in [4.78, 5) is 18.6. The van der Waals surface area contributed by atoms with Crippen LogP contribution in [0.25, 0.3) is 0 Å². The molecule has 2 rings (SSSR count). The summed E-state index contributed by atoms with van der Waals surface area (Å²) in [7, 11) is 3.69. The summed E-state index contributed by atoms with van der Waals surface area (Å²) < 4.78 is 0.758. The van der Waals surface area contributed by atoms with Crippen molar-refractivity contribution in [2.24, 2.45) is 0 Å². The van der Waals surface area contributed by atoms with E-state index in [4.69, 9.17) is 17.3 Å². The average Bonchev–Trinajstić information content (AvgIpc) is 2.78. The molecule has 0 atom stereocenters. The molecule has 0 spiro atoms. The minimum absolute atomic E-state index is 0.218. The molecule has 0 fully saturated rings. The van der Waals surface area contributed by atoms with Crippen molar-refractivity contribution in [3.8, 4) is 0 Å². The van der Waals surface area contributed by atoms with E-state index in [1.807, 2.05) is 27.1 Å². The normalized spacial score (nSPS) is 10.5. The van der Waals surface area contributed by atoms with Gasteiger partial charge >= 0.3 is 0 Å². The Kier molecular flexibility index (Phi) is 4.75. The van der Waals surface area contributed by atoms with Gasteiger partial charge in [-0.1, -0.05) is 22.9 Å². The summed E-state index contributed by atoms with van der Waals surface area (Å²) in [6, 6.07) is 3.54. The van der Waals surface area contributed by atoms with E-state index in [0.29, 0.717) is 20.7 Å². The zero-order valence-corrected chi connectivity index (χ0v) is 14.9. The first-order chi connectivity index (χ1) is 9.79. The molecule has 1 heterocycles. The zero-order chi connectivity index (χ0) is 15.7. The number of hydrogen-bond donors (Lipinski definition) is 2. The first-order valence-corrected chi connectivity index (χ1v) is 7.99. The molecule has 1 amide bonds. The van der Waals surface area contributed by atoms with Gasteiger partial charge in [-0.15, -0.1) is 0 Å². The minimum atomic E-state index is -0.307. The monoisotopic (exact) mass is 388 g/mol. The summed E-state index contributed by atoms with van der Waals surface area (Å²) in [6.45, 7) is 1.89. The topological polar surface area (TPSA) is 71.2 Å². The number of nitrogen functional groups attached to an aromatic ring is 1. The Bertz CT molecular complexity index is 702. The second-order valence-corrected chi connectivity index (χ2v) is 6.88. The van der Waals surface area contributed by atoms with Gasteiger partial charge < -0.3 is 16.0 Å². The molecular formula is C13H14BrClN4OS. The van der Waals surface area contributed by atoms with Gasteiger partial charge in [0.15, 0.2) is 5.13 Å². The minimum Gasteiger partial charge on any atom is -0.382 e. The smallest absolute Gasteiger partial charge is 0.269 e. The van der Waals surface area contributed by atoms with Gasteiger partial charge in [-0.3, -0.25) is 4.79 Å². The van der Waals surface area contributed by atoms with Crippen molar-refractivity contribution in [3.05, 3.63) is 32.1 Å². The number of nitrogens with one attached hydrogen (secondary N) is 1. The standard InChI is InChI=1S/C13H14BrClN4OS/c1-6-4-7(14)9(5-8(6)15)17-12(20)10-11(16)18-13(21-10)19(2)3/h4-5H,16H2,1-3H3,(H,17,20). The third kappa shape index (κ3) is 3.48. The lowest BCUT2D eigenvalue weighted by atomic mass is 10.2. The van der Waals surface area contributed by atoms with Crippen LogP contribution in [0.4, 0.5) is 16.6 Å². The van der Waals surface area contributed by atoms with Crippen molar-refractivity contribution in [1.29, 1.82) is 0 Å². The first kappa shape index (κ1) is 16.1. The number of aryl methyl sites for hydroxylation is 1. The number of hydrogen-bond acceptors (Lipinski definition) is 5. The van der Waals surface area contributed by atoms with E-state index in [1.54, 1.807) is 11.0 Å². The van der Waals surface area contributed by atoms with E-state index in [2.05, 4.69) is 26.2 Å². The third-order valence-electron chi connectivity index (χ3n) is 2.73. The van der Waals surface area contributed by atoms with Crippen LogP contribution < -0.4 is 16.0 Å². The predicted octanol–water partition coefficient (Wildman–Crippen LogP) is 3.77. The fraction of sp³-hybridized carbons (Fsp3) is 0.231. The van der Waals surface area contributed by atoms with Crippen LogP contribution in [0.15, 0.2) is 16.6 Å². The molecule has 0 aliphatic heterocycles. The molecule has 0 radical (unpaired) electrons. The molecule has 1 aromatic heterocycles. The van der Waals surface area contributed by atoms with E-state index < -0.39 is 0 Å². The number of benzene rings is 1. The number of rotatable bonds is 3. The maximum absolute atomic E-state index is 12.3. The third-order valence-corrected chi connectivity index (χ3v) is 5.03. The van der Waals surface area contributed by atoms with Crippen LogP contribution in [0.1, 0.15) is 15.2 Å². The maximum Gasteiger partial charge on any atom is 0.269 e. The highest BCUT2D eigenvalue weighted by molar-refractivity contribution is 9.10. The quantitative estimate of drug-likeness (QED) is 0.838. The lowest BCUT2D eigenvalue weighted by Crippen LogP contribution is -2.12. The molecular weight excluding hydrogens is 376 g/mol. The Morgan fingerprint density at radius 3 is 2.71 bits per heavy atom. The van der Waals surface area contributed by atoms with Crippen molar-refractivity contribution in [2.75, 3.05) is 30.0 Å². The second-order valence-electron chi connectivity index (χ2n) is 4.64. The summed E-state index contributed by atoms with van der Waals surface area (Å²) in [5.41, 5.74) is 7.32.